The summed E-state index contributed by atoms with van der Waals surface area (Å²) in [7, 11) is -0.561. The van der Waals surface area contributed by atoms with Crippen molar-refractivity contribution in [2.24, 2.45) is 0 Å². The highest BCUT2D eigenvalue weighted by molar-refractivity contribution is 6.63. The molecule has 1 saturated heterocycles. The second kappa shape index (κ2) is 7.37. The Balaban J connectivity index is 1.88. The van der Waals surface area contributed by atoms with Gasteiger partial charge in [-0.1, -0.05) is 6.07 Å². The molecule has 0 aromatic heterocycles. The first-order valence-corrected chi connectivity index (χ1v) is 9.46. The van der Waals surface area contributed by atoms with Crippen LogP contribution in [-0.2, 0) is 9.31 Å². The van der Waals surface area contributed by atoms with Crippen LogP contribution in [0.25, 0.3) is 0 Å². The molecule has 7 heteroatoms. The van der Waals surface area contributed by atoms with Gasteiger partial charge in [0.15, 0.2) is 0 Å². The molecule has 0 aliphatic carbocycles. The average Bonchev–Trinajstić information content (AvgIpc) is 2.83. The predicted molar refractivity (Wildman–Crippen MR) is 108 cm³/mol. The SMILES string of the molecule is CC1(C)OB(c2ccc(Oc3ccc(C#N)cc3)cc2C(Cl)Cl)OC1(C)C. The van der Waals surface area contributed by atoms with Gasteiger partial charge in [-0.2, -0.15) is 5.26 Å². The van der Waals surface area contributed by atoms with Crippen molar-refractivity contribution in [3.8, 4) is 17.6 Å². The molecule has 0 bridgehead atoms. The molecule has 140 valence electrons. The normalized spacial score (nSPS) is 17.8. The van der Waals surface area contributed by atoms with Crippen LogP contribution in [0.2, 0.25) is 0 Å². The lowest BCUT2D eigenvalue weighted by atomic mass is 9.76. The van der Waals surface area contributed by atoms with E-state index in [2.05, 4.69) is 6.07 Å². The fourth-order valence-corrected chi connectivity index (χ4v) is 3.10. The topological polar surface area (TPSA) is 51.5 Å². The van der Waals surface area contributed by atoms with Crippen molar-refractivity contribution in [3.63, 3.8) is 0 Å². The van der Waals surface area contributed by atoms with Crippen LogP contribution in [0.5, 0.6) is 11.5 Å². The minimum absolute atomic E-state index is 0.458. The van der Waals surface area contributed by atoms with Gasteiger partial charge < -0.3 is 14.0 Å². The average molecular weight is 404 g/mol. The van der Waals surface area contributed by atoms with Crippen LogP contribution in [0.3, 0.4) is 0 Å². The molecule has 1 aliphatic rings. The van der Waals surface area contributed by atoms with Crippen LogP contribution in [0.4, 0.5) is 0 Å². The van der Waals surface area contributed by atoms with E-state index in [0.717, 1.165) is 5.46 Å². The maximum atomic E-state index is 8.88. The Kier molecular flexibility index (Phi) is 5.47. The van der Waals surface area contributed by atoms with Gasteiger partial charge in [0, 0.05) is 0 Å². The van der Waals surface area contributed by atoms with Crippen molar-refractivity contribution in [2.45, 2.75) is 43.7 Å². The molecule has 2 aromatic rings. The minimum Gasteiger partial charge on any atom is -0.457 e. The van der Waals surface area contributed by atoms with Gasteiger partial charge in [0.1, 0.15) is 16.3 Å². The maximum Gasteiger partial charge on any atom is 0.495 e. The summed E-state index contributed by atoms with van der Waals surface area (Å²) in [5, 5.41) is 8.88. The lowest BCUT2D eigenvalue weighted by molar-refractivity contribution is 0.00578. The van der Waals surface area contributed by atoms with Gasteiger partial charge >= 0.3 is 7.12 Å². The summed E-state index contributed by atoms with van der Waals surface area (Å²) < 4.78 is 18.1. The summed E-state index contributed by atoms with van der Waals surface area (Å²) in [6.07, 6.45) is 0. The zero-order valence-corrected chi connectivity index (χ0v) is 17.1. The lowest BCUT2D eigenvalue weighted by Crippen LogP contribution is -2.41. The largest absolute Gasteiger partial charge is 0.495 e. The first-order chi connectivity index (χ1) is 12.6. The second-order valence-electron chi connectivity index (χ2n) is 7.42. The zero-order valence-electron chi connectivity index (χ0n) is 15.6. The molecule has 0 N–H and O–H groups in total. The molecule has 3 rings (SSSR count). The standard InChI is InChI=1S/C20H20BCl2NO3/c1-19(2)20(3,4)27-21(26-19)17-10-9-15(11-16(17)18(22)23)25-14-7-5-13(12-24)6-8-14/h5-11,18H,1-4H3. The molecule has 0 spiro atoms. The Labute approximate surface area is 170 Å². The van der Waals surface area contributed by atoms with E-state index in [1.165, 1.54) is 0 Å². The van der Waals surface area contributed by atoms with Crippen molar-refractivity contribution in [1.82, 2.24) is 0 Å². The fourth-order valence-electron chi connectivity index (χ4n) is 2.72. The Hall–Kier alpha value is -1.71. The van der Waals surface area contributed by atoms with E-state index in [9.17, 15) is 0 Å². The van der Waals surface area contributed by atoms with Gasteiger partial charge in [-0.05, 0) is 75.1 Å². The van der Waals surface area contributed by atoms with Crippen LogP contribution >= 0.6 is 23.2 Å². The summed E-state index contributed by atoms with van der Waals surface area (Å²) in [4.78, 5) is -0.761. The van der Waals surface area contributed by atoms with E-state index in [1.807, 2.05) is 39.8 Å². The van der Waals surface area contributed by atoms with Crippen LogP contribution in [-0.4, -0.2) is 18.3 Å². The van der Waals surface area contributed by atoms with Crippen molar-refractivity contribution in [3.05, 3.63) is 53.6 Å². The van der Waals surface area contributed by atoms with E-state index in [4.69, 9.17) is 42.5 Å². The lowest BCUT2D eigenvalue weighted by Gasteiger charge is -2.32. The third kappa shape index (κ3) is 4.10. The Morgan fingerprint density at radius 1 is 0.963 bits per heavy atom. The van der Waals surface area contributed by atoms with Crippen molar-refractivity contribution in [1.29, 1.82) is 5.26 Å². The number of benzene rings is 2. The first-order valence-electron chi connectivity index (χ1n) is 8.58. The summed E-state index contributed by atoms with van der Waals surface area (Å²) >= 11 is 12.4. The number of nitrogens with zero attached hydrogens (tertiary/aromatic N) is 1. The predicted octanol–water partition coefficient (Wildman–Crippen LogP) is 5.13. The molecule has 1 fully saturated rings. The van der Waals surface area contributed by atoms with Crippen LogP contribution < -0.4 is 10.2 Å². The van der Waals surface area contributed by atoms with Crippen LogP contribution in [0, 0.1) is 11.3 Å². The quantitative estimate of drug-likeness (QED) is 0.524. The monoisotopic (exact) mass is 403 g/mol. The Bertz CT molecular complexity index is 860. The summed E-state index contributed by atoms with van der Waals surface area (Å²) in [6.45, 7) is 7.98. The molecular weight excluding hydrogens is 384 g/mol. The van der Waals surface area contributed by atoms with E-state index >= 15 is 0 Å². The molecule has 4 nitrogen and oxygen atoms in total. The number of rotatable bonds is 4. The smallest absolute Gasteiger partial charge is 0.457 e. The van der Waals surface area contributed by atoms with E-state index in [-0.39, 0.29) is 0 Å². The highest BCUT2D eigenvalue weighted by atomic mass is 35.5. The number of hydrogen-bond acceptors (Lipinski definition) is 4. The summed E-state index contributed by atoms with van der Waals surface area (Å²) in [6, 6.07) is 14.4. The molecule has 0 atom stereocenters. The molecular formula is C20H20BCl2NO3. The van der Waals surface area contributed by atoms with Crippen LogP contribution in [0.1, 0.15) is 43.7 Å². The van der Waals surface area contributed by atoms with Gasteiger partial charge in [-0.25, -0.2) is 0 Å². The Morgan fingerprint density at radius 2 is 1.52 bits per heavy atom. The number of ether oxygens (including phenoxy) is 1. The molecule has 1 aliphatic heterocycles. The number of halogens is 2. The molecule has 0 radical (unpaired) electrons. The highest BCUT2D eigenvalue weighted by Gasteiger charge is 2.52. The number of hydrogen-bond donors (Lipinski definition) is 0. The van der Waals surface area contributed by atoms with Crippen molar-refractivity contribution in [2.75, 3.05) is 0 Å². The molecule has 0 unspecified atom stereocenters. The zero-order chi connectivity index (χ0) is 19.8. The highest BCUT2D eigenvalue weighted by Crippen LogP contribution is 2.38. The van der Waals surface area contributed by atoms with Gasteiger partial charge in [0.2, 0.25) is 0 Å². The van der Waals surface area contributed by atoms with Crippen molar-refractivity contribution >= 4 is 35.8 Å². The van der Waals surface area contributed by atoms with Gasteiger partial charge in [-0.3, -0.25) is 0 Å². The molecule has 2 aromatic carbocycles. The third-order valence-corrected chi connectivity index (χ3v) is 5.49. The fraction of sp³-hybridized carbons (Fsp3) is 0.350. The first kappa shape index (κ1) is 20.0. The second-order valence-corrected chi connectivity index (χ2v) is 8.51. The summed E-state index contributed by atoms with van der Waals surface area (Å²) in [5.41, 5.74) is 1.10. The Morgan fingerprint density at radius 3 is 2.04 bits per heavy atom. The third-order valence-electron chi connectivity index (χ3n) is 5.02. The molecule has 0 saturated carbocycles. The van der Waals surface area contributed by atoms with Gasteiger partial charge in [0.25, 0.3) is 0 Å². The summed E-state index contributed by atoms with van der Waals surface area (Å²) in [5.74, 6) is 1.20. The molecule has 0 amide bonds. The van der Waals surface area contributed by atoms with E-state index in [1.54, 1.807) is 30.3 Å². The number of nitriles is 1. The van der Waals surface area contributed by atoms with Crippen molar-refractivity contribution < 1.29 is 14.0 Å². The van der Waals surface area contributed by atoms with Gasteiger partial charge in [0.05, 0.1) is 22.8 Å². The molecule has 27 heavy (non-hydrogen) atoms. The minimum atomic E-state index is -0.761. The number of alkyl halides is 2. The molecule has 1 heterocycles. The van der Waals surface area contributed by atoms with E-state index in [0.29, 0.717) is 22.6 Å². The van der Waals surface area contributed by atoms with Crippen LogP contribution in [0.15, 0.2) is 42.5 Å². The van der Waals surface area contributed by atoms with Gasteiger partial charge in [-0.15, -0.1) is 23.2 Å². The van der Waals surface area contributed by atoms with E-state index < -0.39 is 23.2 Å². The maximum absolute atomic E-state index is 8.88.